The van der Waals surface area contributed by atoms with Crippen molar-refractivity contribution in [3.05, 3.63) is 29.2 Å². The maximum atomic E-state index is 13.6. The number of rotatable bonds is 7. The molecule has 3 heterocycles. The normalized spacial score (nSPS) is 22.5. The summed E-state index contributed by atoms with van der Waals surface area (Å²) in [7, 11) is 1.61. The van der Waals surface area contributed by atoms with Crippen LogP contribution in [0.5, 0.6) is 0 Å². The molecular formula is C25H34FN5O3. The number of piperazine rings is 1. The highest BCUT2D eigenvalue weighted by molar-refractivity contribution is 5.91. The highest BCUT2D eigenvalue weighted by atomic mass is 19.1. The van der Waals surface area contributed by atoms with E-state index >= 15 is 0 Å². The first-order valence-corrected chi connectivity index (χ1v) is 12.4. The lowest BCUT2D eigenvalue weighted by molar-refractivity contribution is -0.135. The van der Waals surface area contributed by atoms with Crippen LogP contribution in [0.3, 0.4) is 0 Å². The monoisotopic (exact) mass is 471 g/mol. The van der Waals surface area contributed by atoms with Crippen molar-refractivity contribution < 1.29 is 18.7 Å². The third kappa shape index (κ3) is 4.37. The third-order valence-electron chi connectivity index (χ3n) is 7.65. The number of aromatic nitrogens is 1. The van der Waals surface area contributed by atoms with Gasteiger partial charge in [0.25, 0.3) is 5.91 Å². The molecule has 2 aliphatic heterocycles. The molecule has 0 spiro atoms. The lowest BCUT2D eigenvalue weighted by atomic mass is 9.94. The molecule has 0 bridgehead atoms. The van der Waals surface area contributed by atoms with Crippen LogP contribution < -0.4 is 10.6 Å². The predicted molar refractivity (Wildman–Crippen MR) is 127 cm³/mol. The molecule has 9 heteroatoms. The van der Waals surface area contributed by atoms with Gasteiger partial charge in [0.1, 0.15) is 0 Å². The smallest absolute Gasteiger partial charge is 0.282 e. The van der Waals surface area contributed by atoms with Crippen LogP contribution in [0.25, 0.3) is 0 Å². The number of anilines is 2. The Bertz CT molecular complexity index is 1010. The van der Waals surface area contributed by atoms with E-state index in [9.17, 15) is 14.0 Å². The number of halogens is 1. The van der Waals surface area contributed by atoms with Crippen molar-refractivity contribution >= 4 is 23.3 Å². The van der Waals surface area contributed by atoms with Crippen LogP contribution in [-0.4, -0.2) is 72.5 Å². The Hall–Kier alpha value is -2.68. The average Bonchev–Trinajstić information content (AvgIpc) is 3.75. The summed E-state index contributed by atoms with van der Waals surface area (Å²) in [5, 5.41) is 0. The number of nitrogens with two attached hydrogens (primary N) is 1. The molecule has 1 aromatic heterocycles. The van der Waals surface area contributed by atoms with Crippen molar-refractivity contribution in [1.29, 1.82) is 0 Å². The van der Waals surface area contributed by atoms with E-state index in [0.717, 1.165) is 48.3 Å². The predicted octanol–water partition coefficient (Wildman–Crippen LogP) is 2.37. The van der Waals surface area contributed by atoms with Gasteiger partial charge in [0.15, 0.2) is 11.6 Å². The molecule has 1 saturated heterocycles. The first-order valence-electron chi connectivity index (χ1n) is 12.4. The number of fused-ring (bicyclic) bond motifs is 1. The molecule has 2 N–H and O–H groups in total. The van der Waals surface area contributed by atoms with Gasteiger partial charge in [0, 0.05) is 57.0 Å². The number of carbonyl (C=O) groups is 2. The number of hydrogen-bond acceptors (Lipinski definition) is 6. The molecule has 0 aromatic carbocycles. The maximum absolute atomic E-state index is 13.6. The van der Waals surface area contributed by atoms with Gasteiger partial charge in [-0.1, -0.05) is 6.58 Å². The largest absolute Gasteiger partial charge is 0.395 e. The van der Waals surface area contributed by atoms with Gasteiger partial charge in [-0.2, -0.15) is 0 Å². The van der Waals surface area contributed by atoms with E-state index in [0.29, 0.717) is 63.2 Å². The molecule has 4 aliphatic rings. The number of pyridine rings is 1. The Morgan fingerprint density at radius 1 is 1.18 bits per heavy atom. The topological polar surface area (TPSA) is 92.0 Å². The van der Waals surface area contributed by atoms with E-state index in [-0.39, 0.29) is 18.5 Å². The summed E-state index contributed by atoms with van der Waals surface area (Å²) in [5.74, 6) is 0.226. The molecule has 34 heavy (non-hydrogen) atoms. The average molecular weight is 472 g/mol. The second-order valence-electron chi connectivity index (χ2n) is 10.0. The summed E-state index contributed by atoms with van der Waals surface area (Å²) >= 11 is 0. The van der Waals surface area contributed by atoms with Crippen LogP contribution in [0.15, 0.2) is 12.4 Å². The van der Waals surface area contributed by atoms with Gasteiger partial charge in [-0.25, -0.2) is 9.37 Å². The van der Waals surface area contributed by atoms with Crippen molar-refractivity contribution in [3.8, 4) is 0 Å². The fourth-order valence-corrected chi connectivity index (χ4v) is 5.48. The van der Waals surface area contributed by atoms with Crippen molar-refractivity contribution in [1.82, 2.24) is 14.8 Å². The van der Waals surface area contributed by atoms with E-state index in [1.54, 1.807) is 7.11 Å². The fourth-order valence-electron chi connectivity index (χ4n) is 5.48. The van der Waals surface area contributed by atoms with Crippen LogP contribution >= 0.6 is 0 Å². The standard InChI is InChI=1S/C25H34FN5O3/c1-15(26)25(33)30-9-7-18-19(13-30)22(27)24(28-23(18)17-5-6-17)29-10-11-31(21(32)8-12-34-2)20(14-29)16-3-4-16/h16-17,20H,1,3-14,27H2,2H3/t20-/m0/s1. The second-order valence-corrected chi connectivity index (χ2v) is 10.0. The SMILES string of the molecule is C=C(F)C(=O)N1CCc2c(C3CC3)nc(N3CCN(C(=O)CCOC)[C@H](C4CC4)C3)c(N)c2C1. The van der Waals surface area contributed by atoms with Gasteiger partial charge < -0.3 is 25.2 Å². The number of carbonyl (C=O) groups excluding carboxylic acids is 2. The van der Waals surface area contributed by atoms with E-state index in [1.165, 1.54) is 4.90 Å². The number of amides is 2. The van der Waals surface area contributed by atoms with Crippen LogP contribution in [0.2, 0.25) is 0 Å². The molecule has 3 fully saturated rings. The molecule has 2 aliphatic carbocycles. The second kappa shape index (κ2) is 9.17. The lowest BCUT2D eigenvalue weighted by Gasteiger charge is -2.43. The van der Waals surface area contributed by atoms with Crippen molar-refractivity contribution in [3.63, 3.8) is 0 Å². The molecule has 1 atom stereocenters. The van der Waals surface area contributed by atoms with Gasteiger partial charge >= 0.3 is 0 Å². The molecule has 0 radical (unpaired) electrons. The summed E-state index contributed by atoms with van der Waals surface area (Å²) < 4.78 is 18.7. The summed E-state index contributed by atoms with van der Waals surface area (Å²) in [6.07, 6.45) is 5.52. The highest BCUT2D eigenvalue weighted by Gasteiger charge is 2.42. The number of nitrogens with zero attached hydrogens (tertiary/aromatic N) is 4. The van der Waals surface area contributed by atoms with E-state index in [1.807, 2.05) is 4.90 Å². The quantitative estimate of drug-likeness (QED) is 0.614. The van der Waals surface area contributed by atoms with E-state index < -0.39 is 11.7 Å². The number of hydrogen-bond donors (Lipinski definition) is 1. The number of nitrogen functional groups attached to an aromatic ring is 1. The molecule has 1 aromatic rings. The molecule has 8 nitrogen and oxygen atoms in total. The fraction of sp³-hybridized carbons (Fsp3) is 0.640. The molecule has 5 rings (SSSR count). The van der Waals surface area contributed by atoms with Crippen LogP contribution in [0.4, 0.5) is 15.9 Å². The van der Waals surface area contributed by atoms with Crippen molar-refractivity contribution in [2.45, 2.75) is 57.0 Å². The van der Waals surface area contributed by atoms with Gasteiger partial charge in [-0.15, -0.1) is 0 Å². The zero-order chi connectivity index (χ0) is 24.0. The number of ether oxygens (including phenoxy) is 1. The lowest BCUT2D eigenvalue weighted by Crippen LogP contribution is -2.56. The highest BCUT2D eigenvalue weighted by Crippen LogP contribution is 2.46. The number of methoxy groups -OCH3 is 1. The van der Waals surface area contributed by atoms with Crippen molar-refractivity contribution in [2.24, 2.45) is 5.92 Å². The molecule has 184 valence electrons. The molecule has 0 unspecified atom stereocenters. The minimum Gasteiger partial charge on any atom is -0.395 e. The summed E-state index contributed by atoms with van der Waals surface area (Å²) in [4.78, 5) is 35.9. The Balaban J connectivity index is 1.43. The Morgan fingerprint density at radius 3 is 2.59 bits per heavy atom. The Labute approximate surface area is 199 Å². The van der Waals surface area contributed by atoms with Crippen molar-refractivity contribution in [2.75, 3.05) is 50.5 Å². The van der Waals surface area contributed by atoms with E-state index in [2.05, 4.69) is 11.5 Å². The molecule has 2 saturated carbocycles. The summed E-state index contributed by atoms with van der Waals surface area (Å²) in [6.45, 7) is 6.32. The zero-order valence-corrected chi connectivity index (χ0v) is 19.9. The van der Waals surface area contributed by atoms with Gasteiger partial charge in [-0.3, -0.25) is 9.59 Å². The first-order chi connectivity index (χ1) is 16.4. The maximum Gasteiger partial charge on any atom is 0.282 e. The van der Waals surface area contributed by atoms with Gasteiger partial charge in [0.2, 0.25) is 5.91 Å². The Morgan fingerprint density at radius 2 is 1.94 bits per heavy atom. The third-order valence-corrected chi connectivity index (χ3v) is 7.65. The van der Waals surface area contributed by atoms with Gasteiger partial charge in [0.05, 0.1) is 24.8 Å². The molecule has 2 amide bonds. The van der Waals surface area contributed by atoms with Crippen LogP contribution in [0.1, 0.15) is 54.8 Å². The summed E-state index contributed by atoms with van der Waals surface area (Å²) in [5.41, 5.74) is 10.4. The van der Waals surface area contributed by atoms with Gasteiger partial charge in [-0.05, 0) is 43.6 Å². The minimum atomic E-state index is -0.944. The Kier molecular flexibility index (Phi) is 6.22. The zero-order valence-electron chi connectivity index (χ0n) is 19.9. The van der Waals surface area contributed by atoms with E-state index in [4.69, 9.17) is 15.5 Å². The first kappa shape index (κ1) is 23.1. The van der Waals surface area contributed by atoms with Crippen LogP contribution in [0, 0.1) is 5.92 Å². The minimum absolute atomic E-state index is 0.143. The molecular weight excluding hydrogens is 437 g/mol. The summed E-state index contributed by atoms with van der Waals surface area (Å²) in [6, 6.07) is 0.146. The van der Waals surface area contributed by atoms with Crippen LogP contribution in [-0.2, 0) is 27.3 Å².